The summed E-state index contributed by atoms with van der Waals surface area (Å²) in [4.78, 5) is 11.6. The van der Waals surface area contributed by atoms with Crippen LogP contribution in [0.4, 0.5) is 0 Å². The number of hydrogen-bond donors (Lipinski definition) is 2. The first kappa shape index (κ1) is 9.58. The van der Waals surface area contributed by atoms with Crippen LogP contribution in [0.5, 0.6) is 0 Å². The largest absolute Gasteiger partial charge is 0.386 e. The standard InChI is InChI=1S/C10H12O4/c1-5-3-4-6(11)8-7(5)9(12)10(2,13)14-8/h3-4,6,8,11,13H,1-2H3. The Balaban J connectivity index is 2.49. The molecule has 76 valence electrons. The van der Waals surface area contributed by atoms with Gasteiger partial charge in [-0.1, -0.05) is 12.2 Å². The summed E-state index contributed by atoms with van der Waals surface area (Å²) in [6, 6.07) is 0. The summed E-state index contributed by atoms with van der Waals surface area (Å²) in [5.74, 6) is -2.25. The molecule has 0 saturated carbocycles. The first-order chi connectivity index (χ1) is 6.43. The Kier molecular flexibility index (Phi) is 1.89. The number of allylic oxidation sites excluding steroid dienone is 2. The summed E-state index contributed by atoms with van der Waals surface area (Å²) in [6.07, 6.45) is 1.64. The van der Waals surface area contributed by atoms with Gasteiger partial charge in [-0.2, -0.15) is 0 Å². The molecule has 1 aliphatic carbocycles. The number of ketones is 1. The van der Waals surface area contributed by atoms with Crippen molar-refractivity contribution in [2.24, 2.45) is 0 Å². The number of carbonyl (C=O) groups excluding carboxylic acids is 1. The van der Waals surface area contributed by atoms with E-state index >= 15 is 0 Å². The first-order valence-electron chi connectivity index (χ1n) is 4.45. The number of hydrogen-bond acceptors (Lipinski definition) is 4. The minimum atomic E-state index is -1.80. The lowest BCUT2D eigenvalue weighted by Gasteiger charge is -2.20. The molecule has 2 aliphatic rings. The third-order valence-corrected chi connectivity index (χ3v) is 2.59. The molecule has 1 heterocycles. The van der Waals surface area contributed by atoms with E-state index in [1.54, 1.807) is 19.1 Å². The Labute approximate surface area is 81.5 Å². The van der Waals surface area contributed by atoms with Gasteiger partial charge in [0, 0.05) is 5.57 Å². The summed E-state index contributed by atoms with van der Waals surface area (Å²) < 4.78 is 5.09. The molecule has 1 aliphatic heterocycles. The number of Topliss-reactive ketones (excluding diaryl/α,β-unsaturated/α-hetero) is 1. The number of fused-ring (bicyclic) bond motifs is 1. The average Bonchev–Trinajstić information content (AvgIpc) is 2.33. The SMILES string of the molecule is CC1=C2C(=O)C(C)(O)OC2C(O)C=C1. The molecule has 3 unspecified atom stereocenters. The van der Waals surface area contributed by atoms with Gasteiger partial charge < -0.3 is 14.9 Å². The number of rotatable bonds is 0. The molecule has 0 bridgehead atoms. The molecule has 0 amide bonds. The van der Waals surface area contributed by atoms with Crippen molar-refractivity contribution < 1.29 is 19.7 Å². The third-order valence-electron chi connectivity index (χ3n) is 2.59. The lowest BCUT2D eigenvalue weighted by Crippen LogP contribution is -2.33. The monoisotopic (exact) mass is 196 g/mol. The minimum absolute atomic E-state index is 0.380. The van der Waals surface area contributed by atoms with E-state index in [0.29, 0.717) is 5.57 Å². The second-order valence-corrected chi connectivity index (χ2v) is 3.80. The van der Waals surface area contributed by atoms with Crippen LogP contribution in [-0.2, 0) is 9.53 Å². The highest BCUT2D eigenvalue weighted by Gasteiger charge is 2.50. The zero-order valence-electron chi connectivity index (χ0n) is 8.02. The molecule has 2 rings (SSSR count). The van der Waals surface area contributed by atoms with Crippen molar-refractivity contribution >= 4 is 5.78 Å². The van der Waals surface area contributed by atoms with Crippen LogP contribution in [0.2, 0.25) is 0 Å². The predicted octanol–water partition coefficient (Wildman–Crippen LogP) is -0.0900. The quantitative estimate of drug-likeness (QED) is 0.568. The van der Waals surface area contributed by atoms with Gasteiger partial charge in [0.05, 0.1) is 0 Å². The van der Waals surface area contributed by atoms with Gasteiger partial charge in [-0.25, -0.2) is 0 Å². The number of aliphatic hydroxyl groups is 2. The maximum atomic E-state index is 11.6. The summed E-state index contributed by atoms with van der Waals surface area (Å²) in [5, 5.41) is 19.1. The average molecular weight is 196 g/mol. The molecule has 0 aromatic carbocycles. The Hall–Kier alpha value is -0.970. The molecule has 1 fully saturated rings. The van der Waals surface area contributed by atoms with E-state index in [-0.39, 0.29) is 0 Å². The molecular weight excluding hydrogens is 184 g/mol. The third kappa shape index (κ3) is 1.15. The molecule has 14 heavy (non-hydrogen) atoms. The van der Waals surface area contributed by atoms with Gasteiger partial charge in [0.25, 0.3) is 0 Å². The van der Waals surface area contributed by atoms with Crippen molar-refractivity contribution in [1.82, 2.24) is 0 Å². The fourth-order valence-corrected chi connectivity index (χ4v) is 1.82. The molecule has 3 atom stereocenters. The van der Waals surface area contributed by atoms with Crippen LogP contribution in [0.3, 0.4) is 0 Å². The summed E-state index contributed by atoms with van der Waals surface area (Å²) >= 11 is 0. The second kappa shape index (κ2) is 2.76. The van der Waals surface area contributed by atoms with Gasteiger partial charge in [-0.05, 0) is 19.4 Å². The van der Waals surface area contributed by atoms with Gasteiger partial charge in [0.2, 0.25) is 11.6 Å². The molecule has 2 N–H and O–H groups in total. The van der Waals surface area contributed by atoms with E-state index in [0.717, 1.165) is 5.57 Å². The first-order valence-corrected chi connectivity index (χ1v) is 4.45. The Morgan fingerprint density at radius 2 is 2.21 bits per heavy atom. The van der Waals surface area contributed by atoms with E-state index in [4.69, 9.17) is 4.74 Å². The summed E-state index contributed by atoms with van der Waals surface area (Å²) in [5.41, 5.74) is 1.12. The van der Waals surface area contributed by atoms with Crippen LogP contribution >= 0.6 is 0 Å². The van der Waals surface area contributed by atoms with E-state index in [1.165, 1.54) is 6.92 Å². The zero-order valence-corrected chi connectivity index (χ0v) is 8.02. The van der Waals surface area contributed by atoms with Gasteiger partial charge in [0.1, 0.15) is 12.2 Å². The lowest BCUT2D eigenvalue weighted by atomic mass is 9.91. The van der Waals surface area contributed by atoms with Crippen LogP contribution in [0.25, 0.3) is 0 Å². The van der Waals surface area contributed by atoms with Gasteiger partial charge >= 0.3 is 0 Å². The van der Waals surface area contributed by atoms with Crippen LogP contribution in [0, 0.1) is 0 Å². The Morgan fingerprint density at radius 3 is 2.79 bits per heavy atom. The predicted molar refractivity (Wildman–Crippen MR) is 48.4 cm³/mol. The lowest BCUT2D eigenvalue weighted by molar-refractivity contribution is -0.193. The Bertz CT molecular complexity index is 351. The molecule has 4 heteroatoms. The normalized spacial score (nSPS) is 41.9. The van der Waals surface area contributed by atoms with E-state index in [9.17, 15) is 15.0 Å². The smallest absolute Gasteiger partial charge is 0.228 e. The van der Waals surface area contributed by atoms with Crippen molar-refractivity contribution in [3.63, 3.8) is 0 Å². The number of aliphatic hydroxyl groups excluding tert-OH is 1. The molecule has 1 saturated heterocycles. The molecule has 0 aromatic rings. The number of carbonyl (C=O) groups is 1. The van der Waals surface area contributed by atoms with Gasteiger partial charge in [-0.3, -0.25) is 4.79 Å². The van der Waals surface area contributed by atoms with Crippen LogP contribution < -0.4 is 0 Å². The van der Waals surface area contributed by atoms with E-state index in [1.807, 2.05) is 0 Å². The maximum absolute atomic E-state index is 11.6. The second-order valence-electron chi connectivity index (χ2n) is 3.80. The summed E-state index contributed by atoms with van der Waals surface area (Å²) in [6.45, 7) is 3.05. The van der Waals surface area contributed by atoms with Crippen molar-refractivity contribution in [2.75, 3.05) is 0 Å². The van der Waals surface area contributed by atoms with Gasteiger partial charge in [0.15, 0.2) is 0 Å². The van der Waals surface area contributed by atoms with E-state index < -0.39 is 23.8 Å². The fraction of sp³-hybridized carbons (Fsp3) is 0.500. The minimum Gasteiger partial charge on any atom is -0.386 e. The van der Waals surface area contributed by atoms with Crippen LogP contribution in [0.1, 0.15) is 13.8 Å². The maximum Gasteiger partial charge on any atom is 0.228 e. The summed E-state index contributed by atoms with van der Waals surface area (Å²) in [7, 11) is 0. The highest BCUT2D eigenvalue weighted by molar-refractivity contribution is 6.04. The van der Waals surface area contributed by atoms with Gasteiger partial charge in [-0.15, -0.1) is 0 Å². The van der Waals surface area contributed by atoms with Crippen molar-refractivity contribution in [3.05, 3.63) is 23.3 Å². The molecular formula is C10H12O4. The fourth-order valence-electron chi connectivity index (χ4n) is 1.82. The van der Waals surface area contributed by atoms with E-state index in [2.05, 4.69) is 0 Å². The highest BCUT2D eigenvalue weighted by Crippen LogP contribution is 2.35. The Morgan fingerprint density at radius 1 is 1.57 bits per heavy atom. The molecule has 0 spiro atoms. The zero-order chi connectivity index (χ0) is 10.5. The van der Waals surface area contributed by atoms with Crippen molar-refractivity contribution in [2.45, 2.75) is 31.8 Å². The van der Waals surface area contributed by atoms with Crippen LogP contribution in [0.15, 0.2) is 23.3 Å². The highest BCUT2D eigenvalue weighted by atomic mass is 16.6. The molecule has 0 aromatic heterocycles. The van der Waals surface area contributed by atoms with Crippen LogP contribution in [-0.4, -0.2) is 34.0 Å². The van der Waals surface area contributed by atoms with Crippen molar-refractivity contribution in [1.29, 1.82) is 0 Å². The number of ether oxygens (including phenoxy) is 1. The topological polar surface area (TPSA) is 66.8 Å². The van der Waals surface area contributed by atoms with Crippen molar-refractivity contribution in [3.8, 4) is 0 Å². The molecule has 4 nitrogen and oxygen atoms in total. The molecule has 0 radical (unpaired) electrons.